The molecule has 0 aliphatic carbocycles. The van der Waals surface area contributed by atoms with Crippen molar-refractivity contribution in [2.24, 2.45) is 0 Å². The van der Waals surface area contributed by atoms with Gasteiger partial charge in [-0.1, -0.05) is 42.0 Å². The molecule has 4 rings (SSSR count). The summed E-state index contributed by atoms with van der Waals surface area (Å²) in [6.45, 7) is 1.84. The topological polar surface area (TPSA) is 104 Å². The van der Waals surface area contributed by atoms with Crippen molar-refractivity contribution in [1.29, 1.82) is 0 Å². The van der Waals surface area contributed by atoms with E-state index in [2.05, 4.69) is 0 Å². The number of aliphatic hydroxyl groups excluding tert-OH is 1. The van der Waals surface area contributed by atoms with E-state index in [1.807, 2.05) is 6.92 Å². The van der Waals surface area contributed by atoms with E-state index in [-0.39, 0.29) is 17.0 Å². The molecule has 2 aliphatic heterocycles. The Morgan fingerprint density at radius 3 is 2.38 bits per heavy atom. The SMILES string of the molecule is Cc1ccc(C(O)=C2C(=O)C(=O)N3c4ccccc4OC(=O)[C@@]23O)cc1. The average Bonchev–Trinajstić information content (AvgIpc) is 2.83. The smallest absolute Gasteiger partial charge is 0.371 e. The quantitative estimate of drug-likeness (QED) is 0.265. The molecule has 1 fully saturated rings. The number of fused-ring (bicyclic) bond motifs is 3. The zero-order chi connectivity index (χ0) is 18.6. The number of aryl methyl sites for hydroxylation is 1. The van der Waals surface area contributed by atoms with Crippen LogP contribution in [0.15, 0.2) is 54.1 Å². The molecule has 0 saturated carbocycles. The molecule has 0 unspecified atom stereocenters. The molecule has 7 heteroatoms. The first-order chi connectivity index (χ1) is 12.4. The standard InChI is InChI=1S/C19H13NO6/c1-10-6-8-11(9-7-10)15(21)14-16(22)17(23)20-12-4-2-3-5-13(12)26-18(24)19(14,20)25/h2-9,21,25H,1H3/t19-/m0/s1. The number of ketones is 1. The van der Waals surface area contributed by atoms with Crippen LogP contribution in [0.1, 0.15) is 11.1 Å². The van der Waals surface area contributed by atoms with Crippen LogP contribution in [0, 0.1) is 6.92 Å². The van der Waals surface area contributed by atoms with E-state index in [0.29, 0.717) is 4.90 Å². The van der Waals surface area contributed by atoms with Gasteiger partial charge in [0.05, 0.1) is 5.69 Å². The molecular weight excluding hydrogens is 338 g/mol. The summed E-state index contributed by atoms with van der Waals surface area (Å²) >= 11 is 0. The number of amides is 1. The maximum absolute atomic E-state index is 12.5. The summed E-state index contributed by atoms with van der Waals surface area (Å²) in [5.74, 6) is -4.13. The third kappa shape index (κ3) is 1.94. The van der Waals surface area contributed by atoms with Crippen LogP contribution in [-0.2, 0) is 14.4 Å². The molecule has 1 amide bonds. The van der Waals surface area contributed by atoms with E-state index in [1.165, 1.54) is 24.3 Å². The number of anilines is 1. The van der Waals surface area contributed by atoms with E-state index in [4.69, 9.17) is 4.74 Å². The number of para-hydroxylation sites is 2. The minimum absolute atomic E-state index is 0.0411. The normalized spacial score (nSPS) is 23.5. The molecule has 7 nitrogen and oxygen atoms in total. The Kier molecular flexibility index (Phi) is 3.25. The van der Waals surface area contributed by atoms with Crippen LogP contribution in [0.2, 0.25) is 0 Å². The number of aliphatic hydroxyl groups is 2. The monoisotopic (exact) mass is 351 g/mol. The molecule has 0 aromatic heterocycles. The summed E-state index contributed by atoms with van der Waals surface area (Å²) in [5.41, 5.74) is -2.27. The van der Waals surface area contributed by atoms with Crippen molar-refractivity contribution in [3.05, 3.63) is 65.2 Å². The van der Waals surface area contributed by atoms with Crippen LogP contribution in [-0.4, -0.2) is 33.6 Å². The molecule has 2 aromatic carbocycles. The Morgan fingerprint density at radius 1 is 1.04 bits per heavy atom. The van der Waals surface area contributed by atoms with Gasteiger partial charge in [-0.25, -0.2) is 4.79 Å². The Morgan fingerprint density at radius 2 is 1.69 bits per heavy atom. The van der Waals surface area contributed by atoms with Crippen LogP contribution < -0.4 is 9.64 Å². The summed E-state index contributed by atoms with van der Waals surface area (Å²) in [7, 11) is 0. The highest BCUT2D eigenvalue weighted by Crippen LogP contribution is 2.46. The predicted molar refractivity (Wildman–Crippen MR) is 90.2 cm³/mol. The molecular formula is C19H13NO6. The van der Waals surface area contributed by atoms with Gasteiger partial charge in [-0.05, 0) is 19.1 Å². The van der Waals surface area contributed by atoms with Gasteiger partial charge in [-0.15, -0.1) is 0 Å². The maximum Gasteiger partial charge on any atom is 0.371 e. The summed E-state index contributed by atoms with van der Waals surface area (Å²) < 4.78 is 5.10. The van der Waals surface area contributed by atoms with Gasteiger partial charge < -0.3 is 14.9 Å². The van der Waals surface area contributed by atoms with Gasteiger partial charge in [0.2, 0.25) is 0 Å². The number of esters is 1. The molecule has 26 heavy (non-hydrogen) atoms. The lowest BCUT2D eigenvalue weighted by Crippen LogP contribution is -2.57. The number of ether oxygens (including phenoxy) is 1. The van der Waals surface area contributed by atoms with Crippen LogP contribution in [0.4, 0.5) is 5.69 Å². The summed E-state index contributed by atoms with van der Waals surface area (Å²) in [6.07, 6.45) is 0. The highest BCUT2D eigenvalue weighted by molar-refractivity contribution is 6.54. The number of Topliss-reactive ketones (excluding diaryl/α,β-unsaturated/α-hetero) is 1. The fourth-order valence-electron chi connectivity index (χ4n) is 3.13. The first-order valence-corrected chi connectivity index (χ1v) is 7.79. The van der Waals surface area contributed by atoms with E-state index >= 15 is 0 Å². The second kappa shape index (κ2) is 5.27. The molecule has 2 heterocycles. The van der Waals surface area contributed by atoms with Gasteiger partial charge in [0.15, 0.2) is 5.75 Å². The zero-order valence-corrected chi connectivity index (χ0v) is 13.6. The lowest BCUT2D eigenvalue weighted by atomic mass is 9.96. The van der Waals surface area contributed by atoms with Gasteiger partial charge >= 0.3 is 11.9 Å². The number of hydrogen-bond acceptors (Lipinski definition) is 6. The number of nitrogens with zero attached hydrogens (tertiary/aromatic N) is 1. The molecule has 1 saturated heterocycles. The van der Waals surface area contributed by atoms with Crippen molar-refractivity contribution < 1.29 is 29.3 Å². The fourth-order valence-corrected chi connectivity index (χ4v) is 3.13. The van der Waals surface area contributed by atoms with Crippen LogP contribution in [0.25, 0.3) is 5.76 Å². The highest BCUT2D eigenvalue weighted by atomic mass is 16.6. The molecule has 0 spiro atoms. The highest BCUT2D eigenvalue weighted by Gasteiger charge is 2.65. The predicted octanol–water partition coefficient (Wildman–Crippen LogP) is 1.49. The lowest BCUT2D eigenvalue weighted by molar-refractivity contribution is -0.153. The van der Waals surface area contributed by atoms with Crippen molar-refractivity contribution in [2.45, 2.75) is 12.6 Å². The Bertz CT molecular complexity index is 1010. The minimum atomic E-state index is -2.72. The van der Waals surface area contributed by atoms with E-state index < -0.39 is 34.7 Å². The van der Waals surface area contributed by atoms with Crippen molar-refractivity contribution in [2.75, 3.05) is 4.90 Å². The first kappa shape index (κ1) is 16.0. The van der Waals surface area contributed by atoms with Gasteiger partial charge in [-0.3, -0.25) is 14.5 Å². The molecule has 2 aromatic rings. The van der Waals surface area contributed by atoms with Crippen molar-refractivity contribution >= 4 is 29.1 Å². The molecule has 130 valence electrons. The molecule has 2 N–H and O–H groups in total. The first-order valence-electron chi connectivity index (χ1n) is 7.79. The van der Waals surface area contributed by atoms with E-state index in [0.717, 1.165) is 5.56 Å². The fraction of sp³-hybridized carbons (Fsp3) is 0.105. The second-order valence-corrected chi connectivity index (χ2v) is 6.09. The number of carbonyl (C=O) groups is 3. The van der Waals surface area contributed by atoms with E-state index in [1.54, 1.807) is 24.3 Å². The minimum Gasteiger partial charge on any atom is -0.507 e. The van der Waals surface area contributed by atoms with Gasteiger partial charge in [0.1, 0.15) is 11.3 Å². The Labute approximate surface area is 147 Å². The number of rotatable bonds is 1. The molecule has 1 atom stereocenters. The Hall–Kier alpha value is -3.45. The second-order valence-electron chi connectivity index (χ2n) is 6.09. The number of carbonyl (C=O) groups excluding carboxylic acids is 3. The van der Waals surface area contributed by atoms with E-state index in [9.17, 15) is 24.6 Å². The Balaban J connectivity index is 1.97. The molecule has 0 bridgehead atoms. The average molecular weight is 351 g/mol. The summed E-state index contributed by atoms with van der Waals surface area (Å²) in [6, 6.07) is 12.4. The zero-order valence-electron chi connectivity index (χ0n) is 13.6. The third-order valence-corrected chi connectivity index (χ3v) is 4.45. The number of hydrogen-bond donors (Lipinski definition) is 2. The third-order valence-electron chi connectivity index (χ3n) is 4.45. The largest absolute Gasteiger partial charge is 0.507 e. The number of benzene rings is 2. The van der Waals surface area contributed by atoms with Gasteiger partial charge in [0.25, 0.3) is 11.5 Å². The van der Waals surface area contributed by atoms with Crippen molar-refractivity contribution in [1.82, 2.24) is 0 Å². The maximum atomic E-state index is 12.5. The van der Waals surface area contributed by atoms with Gasteiger partial charge in [-0.2, -0.15) is 0 Å². The summed E-state index contributed by atoms with van der Waals surface area (Å²) in [4.78, 5) is 38.2. The lowest BCUT2D eigenvalue weighted by Gasteiger charge is -2.36. The van der Waals surface area contributed by atoms with Gasteiger partial charge in [0, 0.05) is 5.56 Å². The molecule has 0 radical (unpaired) electrons. The van der Waals surface area contributed by atoms with Crippen molar-refractivity contribution in [3.63, 3.8) is 0 Å². The summed E-state index contributed by atoms with van der Waals surface area (Å²) in [5, 5.41) is 21.6. The van der Waals surface area contributed by atoms with Crippen LogP contribution in [0.5, 0.6) is 5.75 Å². The molecule has 2 aliphatic rings. The van der Waals surface area contributed by atoms with Crippen molar-refractivity contribution in [3.8, 4) is 5.75 Å². The van der Waals surface area contributed by atoms with Crippen LogP contribution >= 0.6 is 0 Å². The van der Waals surface area contributed by atoms with Crippen LogP contribution in [0.3, 0.4) is 0 Å².